The monoisotopic (exact) mass is 409 g/mol. The van der Waals surface area contributed by atoms with Crippen molar-refractivity contribution in [3.8, 4) is 17.0 Å². The zero-order valence-electron chi connectivity index (χ0n) is 16.2. The highest BCUT2D eigenvalue weighted by molar-refractivity contribution is 7.14. The van der Waals surface area contributed by atoms with Crippen molar-refractivity contribution < 1.29 is 9.53 Å². The van der Waals surface area contributed by atoms with Crippen molar-refractivity contribution in [3.63, 3.8) is 0 Å². The number of carbonyl (C=O) groups excluding carboxylic acids is 1. The fraction of sp³-hybridized carbons (Fsp3) is 0.286. The van der Waals surface area contributed by atoms with Crippen molar-refractivity contribution in [2.75, 3.05) is 43.0 Å². The average molecular weight is 410 g/mol. The number of piperazine rings is 1. The molecule has 29 heavy (non-hydrogen) atoms. The Labute approximate surface area is 173 Å². The Morgan fingerprint density at radius 1 is 1.07 bits per heavy atom. The summed E-state index contributed by atoms with van der Waals surface area (Å²) in [4.78, 5) is 16.3. The third-order valence-corrected chi connectivity index (χ3v) is 5.54. The molecule has 0 aliphatic carbocycles. The number of hydrogen-bond acceptors (Lipinski definition) is 6. The van der Waals surface area contributed by atoms with E-state index < -0.39 is 0 Å². The van der Waals surface area contributed by atoms with Crippen LogP contribution in [-0.2, 0) is 0 Å². The van der Waals surface area contributed by atoms with Gasteiger partial charge in [-0.15, -0.1) is 21.5 Å². The molecule has 3 aromatic rings. The van der Waals surface area contributed by atoms with Crippen LogP contribution in [0.1, 0.15) is 6.92 Å². The van der Waals surface area contributed by atoms with E-state index >= 15 is 0 Å². The van der Waals surface area contributed by atoms with Crippen LogP contribution in [0.5, 0.6) is 5.75 Å². The second-order valence-corrected chi connectivity index (χ2v) is 7.56. The first kappa shape index (κ1) is 19.2. The minimum Gasteiger partial charge on any atom is -0.494 e. The Bertz CT molecular complexity index is 921. The summed E-state index contributed by atoms with van der Waals surface area (Å²) < 4.78 is 5.48. The van der Waals surface area contributed by atoms with Gasteiger partial charge in [-0.05, 0) is 60.8 Å². The smallest absolute Gasteiger partial charge is 0.322 e. The van der Waals surface area contributed by atoms with Crippen LogP contribution in [-0.4, -0.2) is 53.9 Å². The van der Waals surface area contributed by atoms with Crippen LogP contribution in [0.2, 0.25) is 0 Å². The SMILES string of the molecule is CCOc1ccc(-c2ccc(N3CCN(C(=O)Nc4cccs4)CC3)nn2)cc1. The number of carbonyl (C=O) groups is 1. The van der Waals surface area contributed by atoms with E-state index in [0.29, 0.717) is 19.7 Å². The number of hydrogen-bond donors (Lipinski definition) is 1. The van der Waals surface area contributed by atoms with Crippen LogP contribution in [0, 0.1) is 0 Å². The van der Waals surface area contributed by atoms with Gasteiger partial charge in [0.15, 0.2) is 5.82 Å². The average Bonchev–Trinajstić information content (AvgIpc) is 3.28. The molecule has 0 atom stereocenters. The van der Waals surface area contributed by atoms with Crippen LogP contribution < -0.4 is 15.0 Å². The lowest BCUT2D eigenvalue weighted by atomic mass is 10.1. The summed E-state index contributed by atoms with van der Waals surface area (Å²) in [5.74, 6) is 1.68. The van der Waals surface area contributed by atoms with Gasteiger partial charge in [-0.25, -0.2) is 4.79 Å². The van der Waals surface area contributed by atoms with E-state index in [2.05, 4.69) is 20.4 Å². The number of aromatic nitrogens is 2. The van der Waals surface area contributed by atoms with Crippen molar-refractivity contribution >= 4 is 28.2 Å². The van der Waals surface area contributed by atoms with Crippen LogP contribution in [0.15, 0.2) is 53.9 Å². The number of ether oxygens (including phenoxy) is 1. The number of anilines is 2. The molecule has 1 aliphatic rings. The number of benzene rings is 1. The van der Waals surface area contributed by atoms with Gasteiger partial charge in [-0.3, -0.25) is 5.32 Å². The maximum absolute atomic E-state index is 12.3. The molecular formula is C21H23N5O2S. The number of nitrogens with one attached hydrogen (secondary N) is 1. The molecule has 1 N–H and O–H groups in total. The lowest BCUT2D eigenvalue weighted by molar-refractivity contribution is 0.208. The summed E-state index contributed by atoms with van der Waals surface area (Å²) in [5.41, 5.74) is 1.83. The van der Waals surface area contributed by atoms with Crippen molar-refractivity contribution in [2.45, 2.75) is 6.92 Å². The van der Waals surface area contributed by atoms with E-state index in [4.69, 9.17) is 4.74 Å². The molecule has 150 valence electrons. The Morgan fingerprint density at radius 2 is 1.86 bits per heavy atom. The molecule has 0 spiro atoms. The molecule has 2 amide bonds. The van der Waals surface area contributed by atoms with E-state index in [1.807, 2.05) is 65.7 Å². The molecule has 0 bridgehead atoms. The van der Waals surface area contributed by atoms with Gasteiger partial charge >= 0.3 is 6.03 Å². The van der Waals surface area contributed by atoms with Crippen LogP contribution in [0.4, 0.5) is 15.6 Å². The van der Waals surface area contributed by atoms with Crippen molar-refractivity contribution in [1.82, 2.24) is 15.1 Å². The molecule has 1 aromatic carbocycles. The van der Waals surface area contributed by atoms with Gasteiger partial charge in [0, 0.05) is 31.7 Å². The predicted molar refractivity (Wildman–Crippen MR) is 116 cm³/mol. The highest BCUT2D eigenvalue weighted by Crippen LogP contribution is 2.22. The van der Waals surface area contributed by atoms with E-state index in [1.165, 1.54) is 11.3 Å². The zero-order valence-corrected chi connectivity index (χ0v) is 17.1. The molecule has 0 unspecified atom stereocenters. The first-order chi connectivity index (χ1) is 14.2. The first-order valence-electron chi connectivity index (χ1n) is 9.64. The van der Waals surface area contributed by atoms with E-state index in [1.54, 1.807) is 0 Å². The first-order valence-corrected chi connectivity index (χ1v) is 10.5. The fourth-order valence-corrected chi connectivity index (χ4v) is 3.82. The van der Waals surface area contributed by atoms with Crippen molar-refractivity contribution in [1.29, 1.82) is 0 Å². The molecule has 3 heterocycles. The number of rotatable bonds is 5. The van der Waals surface area contributed by atoms with Crippen molar-refractivity contribution in [3.05, 3.63) is 53.9 Å². The lowest BCUT2D eigenvalue weighted by Gasteiger charge is -2.35. The topological polar surface area (TPSA) is 70.6 Å². The number of nitrogens with zero attached hydrogens (tertiary/aromatic N) is 4. The number of thiophene rings is 1. The largest absolute Gasteiger partial charge is 0.494 e. The maximum atomic E-state index is 12.3. The normalized spacial score (nSPS) is 14.0. The quantitative estimate of drug-likeness (QED) is 0.691. The van der Waals surface area contributed by atoms with E-state index in [-0.39, 0.29) is 6.03 Å². The summed E-state index contributed by atoms with van der Waals surface area (Å²) in [6.07, 6.45) is 0. The van der Waals surface area contributed by atoms with Gasteiger partial charge in [-0.1, -0.05) is 0 Å². The molecule has 1 saturated heterocycles. The van der Waals surface area contributed by atoms with Crippen LogP contribution >= 0.6 is 11.3 Å². The van der Waals surface area contributed by atoms with Gasteiger partial charge in [0.1, 0.15) is 5.75 Å². The van der Waals surface area contributed by atoms with Gasteiger partial charge in [0.05, 0.1) is 17.3 Å². The van der Waals surface area contributed by atoms with Crippen LogP contribution in [0.3, 0.4) is 0 Å². The summed E-state index contributed by atoms with van der Waals surface area (Å²) in [6, 6.07) is 15.6. The van der Waals surface area contributed by atoms with Crippen molar-refractivity contribution in [2.24, 2.45) is 0 Å². The standard InChI is InChI=1S/C21H23N5O2S/c1-2-28-17-7-5-16(6-8-17)18-9-10-19(24-23-18)25-11-13-26(14-12-25)21(27)22-20-4-3-15-29-20/h3-10,15H,2,11-14H2,1H3,(H,22,27). The number of urea groups is 1. The molecule has 0 saturated carbocycles. The molecule has 0 radical (unpaired) electrons. The second-order valence-electron chi connectivity index (χ2n) is 6.62. The summed E-state index contributed by atoms with van der Waals surface area (Å²) in [7, 11) is 0. The maximum Gasteiger partial charge on any atom is 0.322 e. The Kier molecular flexibility index (Phi) is 5.90. The Balaban J connectivity index is 1.33. The van der Waals surface area contributed by atoms with Gasteiger partial charge in [0.25, 0.3) is 0 Å². The number of amides is 2. The molecule has 1 aliphatic heterocycles. The zero-order chi connectivity index (χ0) is 20.1. The molecule has 7 nitrogen and oxygen atoms in total. The summed E-state index contributed by atoms with van der Waals surface area (Å²) >= 11 is 1.52. The molecular weight excluding hydrogens is 386 g/mol. The fourth-order valence-electron chi connectivity index (χ4n) is 3.21. The highest BCUT2D eigenvalue weighted by Gasteiger charge is 2.22. The molecule has 4 rings (SSSR count). The summed E-state index contributed by atoms with van der Waals surface area (Å²) in [6.45, 7) is 5.38. The van der Waals surface area contributed by atoms with Crippen LogP contribution in [0.25, 0.3) is 11.3 Å². The predicted octanol–water partition coefficient (Wildman–Crippen LogP) is 3.96. The third-order valence-electron chi connectivity index (χ3n) is 4.75. The van der Waals surface area contributed by atoms with E-state index in [0.717, 1.165) is 40.9 Å². The van der Waals surface area contributed by atoms with Gasteiger partial charge in [0.2, 0.25) is 0 Å². The molecule has 1 fully saturated rings. The Morgan fingerprint density at radius 3 is 2.48 bits per heavy atom. The van der Waals surface area contributed by atoms with Gasteiger partial charge in [-0.2, -0.15) is 0 Å². The minimum absolute atomic E-state index is 0.0518. The minimum atomic E-state index is -0.0518. The Hall–Kier alpha value is -3.13. The lowest BCUT2D eigenvalue weighted by Crippen LogP contribution is -2.50. The second kappa shape index (κ2) is 8.91. The summed E-state index contributed by atoms with van der Waals surface area (Å²) in [5, 5.41) is 14.5. The third kappa shape index (κ3) is 4.65. The van der Waals surface area contributed by atoms with E-state index in [9.17, 15) is 4.79 Å². The molecule has 8 heteroatoms. The highest BCUT2D eigenvalue weighted by atomic mass is 32.1. The van der Waals surface area contributed by atoms with Gasteiger partial charge < -0.3 is 14.5 Å². The molecule has 2 aromatic heterocycles.